The maximum Gasteiger partial charge on any atom is 0.251 e. The quantitative estimate of drug-likeness (QED) is 0.435. The number of anilines is 2. The second kappa shape index (κ2) is 9.70. The number of rotatable bonds is 7. The predicted octanol–water partition coefficient (Wildman–Crippen LogP) is 4.96. The molecule has 0 atom stereocenters. The van der Waals surface area contributed by atoms with Gasteiger partial charge in [0, 0.05) is 29.4 Å². The van der Waals surface area contributed by atoms with Crippen LogP contribution < -0.4 is 15.4 Å². The van der Waals surface area contributed by atoms with Gasteiger partial charge in [0.25, 0.3) is 5.91 Å². The maximum atomic E-state index is 13.5. The molecule has 0 aliphatic rings. The molecule has 4 aromatic rings. The highest BCUT2D eigenvalue weighted by Gasteiger charge is 2.07. The molecule has 0 radical (unpaired) electrons. The van der Waals surface area contributed by atoms with Gasteiger partial charge >= 0.3 is 0 Å². The van der Waals surface area contributed by atoms with E-state index in [1.165, 1.54) is 18.5 Å². The average Bonchev–Trinajstić information content (AvgIpc) is 2.83. The molecule has 1 heterocycles. The van der Waals surface area contributed by atoms with E-state index in [0.717, 1.165) is 17.0 Å². The van der Waals surface area contributed by atoms with Gasteiger partial charge in [0.05, 0.1) is 12.8 Å². The van der Waals surface area contributed by atoms with Crippen molar-refractivity contribution >= 4 is 17.4 Å². The van der Waals surface area contributed by atoms with Gasteiger partial charge in [-0.15, -0.1) is 0 Å². The number of aromatic nitrogens is 2. The van der Waals surface area contributed by atoms with E-state index in [-0.39, 0.29) is 11.7 Å². The molecule has 1 amide bonds. The summed E-state index contributed by atoms with van der Waals surface area (Å²) in [5.41, 5.74) is 3.53. The molecule has 6 nitrogen and oxygen atoms in total. The van der Waals surface area contributed by atoms with Gasteiger partial charge in [-0.05, 0) is 54.1 Å². The van der Waals surface area contributed by atoms with Crippen LogP contribution in [0.1, 0.15) is 15.9 Å². The molecule has 0 saturated carbocycles. The van der Waals surface area contributed by atoms with E-state index in [4.69, 9.17) is 4.74 Å². The van der Waals surface area contributed by atoms with Crippen LogP contribution in [-0.4, -0.2) is 23.0 Å². The lowest BCUT2D eigenvalue weighted by atomic mass is 10.1. The first-order chi connectivity index (χ1) is 15.6. The highest BCUT2D eigenvalue weighted by Crippen LogP contribution is 2.22. The Bertz CT molecular complexity index is 1230. The van der Waals surface area contributed by atoms with Crippen LogP contribution in [0.3, 0.4) is 0 Å². The number of hydrogen-bond donors (Lipinski definition) is 2. The minimum Gasteiger partial charge on any atom is -0.497 e. The van der Waals surface area contributed by atoms with Gasteiger partial charge in [-0.3, -0.25) is 4.79 Å². The lowest BCUT2D eigenvalue weighted by Gasteiger charge is -2.09. The Balaban J connectivity index is 1.39. The zero-order valence-electron chi connectivity index (χ0n) is 17.4. The van der Waals surface area contributed by atoms with Gasteiger partial charge in [-0.1, -0.05) is 24.3 Å². The summed E-state index contributed by atoms with van der Waals surface area (Å²) in [6, 6.07) is 22.6. The molecule has 2 N–H and O–H groups in total. The normalized spacial score (nSPS) is 10.4. The summed E-state index contributed by atoms with van der Waals surface area (Å²) in [6.07, 6.45) is 1.42. The number of methoxy groups -OCH3 is 1. The van der Waals surface area contributed by atoms with Crippen molar-refractivity contribution in [2.24, 2.45) is 0 Å². The van der Waals surface area contributed by atoms with Crippen molar-refractivity contribution in [1.82, 2.24) is 15.3 Å². The number of nitrogens with zero attached hydrogens (tertiary/aromatic N) is 2. The summed E-state index contributed by atoms with van der Waals surface area (Å²) >= 11 is 0. The Morgan fingerprint density at radius 2 is 1.78 bits per heavy atom. The van der Waals surface area contributed by atoms with Crippen molar-refractivity contribution in [2.45, 2.75) is 6.54 Å². The van der Waals surface area contributed by atoms with Crippen molar-refractivity contribution in [3.63, 3.8) is 0 Å². The Kier molecular flexibility index (Phi) is 6.36. The van der Waals surface area contributed by atoms with E-state index in [0.29, 0.717) is 29.2 Å². The monoisotopic (exact) mass is 428 g/mol. The third-order valence-corrected chi connectivity index (χ3v) is 4.79. The van der Waals surface area contributed by atoms with E-state index >= 15 is 0 Å². The van der Waals surface area contributed by atoms with Crippen LogP contribution in [0.15, 0.2) is 85.2 Å². The zero-order chi connectivity index (χ0) is 22.3. The van der Waals surface area contributed by atoms with Crippen LogP contribution in [-0.2, 0) is 6.54 Å². The molecule has 0 unspecified atom stereocenters. The topological polar surface area (TPSA) is 76.1 Å². The van der Waals surface area contributed by atoms with Crippen molar-refractivity contribution in [1.29, 1.82) is 0 Å². The molecule has 7 heteroatoms. The first-order valence-electron chi connectivity index (χ1n) is 9.97. The smallest absolute Gasteiger partial charge is 0.251 e. The number of halogens is 1. The molecule has 32 heavy (non-hydrogen) atoms. The molecule has 4 rings (SSSR count). The highest BCUT2D eigenvalue weighted by atomic mass is 19.1. The van der Waals surface area contributed by atoms with Gasteiger partial charge in [-0.25, -0.2) is 14.4 Å². The number of amides is 1. The van der Waals surface area contributed by atoms with Crippen LogP contribution >= 0.6 is 0 Å². The molecule has 0 saturated heterocycles. The maximum absolute atomic E-state index is 13.5. The molecular formula is C25H21FN4O2. The van der Waals surface area contributed by atoms with E-state index in [1.807, 2.05) is 24.3 Å². The molecule has 0 fully saturated rings. The Hall–Kier alpha value is -4.26. The standard InChI is InChI=1S/C25H21FN4O2/c1-32-22-7-2-4-17(12-22)15-27-25(31)18-8-10-21(11-9-18)30-24-14-23(28-16-29-24)19-5-3-6-20(26)13-19/h2-14,16H,15H2,1H3,(H,27,31)(H,28,29,30). The van der Waals surface area contributed by atoms with Gasteiger partial charge in [-0.2, -0.15) is 0 Å². The number of ether oxygens (including phenoxy) is 1. The van der Waals surface area contributed by atoms with Crippen LogP contribution in [0.2, 0.25) is 0 Å². The largest absolute Gasteiger partial charge is 0.497 e. The van der Waals surface area contributed by atoms with E-state index in [2.05, 4.69) is 20.6 Å². The second-order valence-electron chi connectivity index (χ2n) is 7.04. The summed E-state index contributed by atoms with van der Waals surface area (Å²) in [4.78, 5) is 20.9. The number of hydrogen-bond acceptors (Lipinski definition) is 5. The number of nitrogens with one attached hydrogen (secondary N) is 2. The molecule has 0 aliphatic heterocycles. The van der Waals surface area contributed by atoms with Crippen molar-refractivity contribution in [3.05, 3.63) is 102 Å². The molecular weight excluding hydrogens is 407 g/mol. The third kappa shape index (κ3) is 5.26. The Morgan fingerprint density at radius 3 is 2.56 bits per heavy atom. The first kappa shape index (κ1) is 21.0. The highest BCUT2D eigenvalue weighted by molar-refractivity contribution is 5.94. The lowest BCUT2D eigenvalue weighted by molar-refractivity contribution is 0.0951. The summed E-state index contributed by atoms with van der Waals surface area (Å²) in [6.45, 7) is 0.403. The van der Waals surface area contributed by atoms with E-state index in [1.54, 1.807) is 49.6 Å². The lowest BCUT2D eigenvalue weighted by Crippen LogP contribution is -2.22. The van der Waals surface area contributed by atoms with Crippen molar-refractivity contribution in [2.75, 3.05) is 12.4 Å². The van der Waals surface area contributed by atoms with Gasteiger partial charge in [0.2, 0.25) is 0 Å². The Morgan fingerprint density at radius 1 is 0.969 bits per heavy atom. The number of benzene rings is 3. The fraction of sp³-hybridized carbons (Fsp3) is 0.0800. The molecule has 160 valence electrons. The van der Waals surface area contributed by atoms with Gasteiger partial charge < -0.3 is 15.4 Å². The number of carbonyl (C=O) groups is 1. The van der Waals surface area contributed by atoms with E-state index in [9.17, 15) is 9.18 Å². The molecule has 1 aromatic heterocycles. The average molecular weight is 428 g/mol. The molecule has 0 aliphatic carbocycles. The van der Waals surface area contributed by atoms with Crippen LogP contribution in [0, 0.1) is 5.82 Å². The van der Waals surface area contributed by atoms with Crippen molar-refractivity contribution in [3.8, 4) is 17.0 Å². The zero-order valence-corrected chi connectivity index (χ0v) is 17.4. The van der Waals surface area contributed by atoms with Crippen LogP contribution in [0.25, 0.3) is 11.3 Å². The van der Waals surface area contributed by atoms with Gasteiger partial charge in [0.15, 0.2) is 0 Å². The Labute approximate surface area is 185 Å². The van der Waals surface area contributed by atoms with E-state index < -0.39 is 0 Å². The number of carbonyl (C=O) groups excluding carboxylic acids is 1. The fourth-order valence-electron chi connectivity index (χ4n) is 3.15. The minimum atomic E-state index is -0.323. The molecule has 0 bridgehead atoms. The van der Waals surface area contributed by atoms with Gasteiger partial charge in [0.1, 0.15) is 23.7 Å². The molecule has 0 spiro atoms. The summed E-state index contributed by atoms with van der Waals surface area (Å²) < 4.78 is 18.7. The SMILES string of the molecule is COc1cccc(CNC(=O)c2ccc(Nc3cc(-c4cccc(F)c4)ncn3)cc2)c1. The predicted molar refractivity (Wildman–Crippen MR) is 121 cm³/mol. The fourth-order valence-corrected chi connectivity index (χ4v) is 3.15. The van der Waals surface area contributed by atoms with Crippen LogP contribution in [0.5, 0.6) is 5.75 Å². The molecule has 3 aromatic carbocycles. The second-order valence-corrected chi connectivity index (χ2v) is 7.04. The minimum absolute atomic E-state index is 0.171. The van der Waals surface area contributed by atoms with Crippen LogP contribution in [0.4, 0.5) is 15.9 Å². The summed E-state index contributed by atoms with van der Waals surface area (Å²) in [7, 11) is 1.61. The summed E-state index contributed by atoms with van der Waals surface area (Å²) in [5.74, 6) is 0.817. The first-order valence-corrected chi connectivity index (χ1v) is 9.97. The third-order valence-electron chi connectivity index (χ3n) is 4.79. The summed E-state index contributed by atoms with van der Waals surface area (Å²) in [5, 5.41) is 6.07. The van der Waals surface area contributed by atoms with Crippen molar-refractivity contribution < 1.29 is 13.9 Å².